The maximum Gasteiger partial charge on any atom is 0.0426 e. The van der Waals surface area contributed by atoms with Gasteiger partial charge in [-0.1, -0.05) is 82.9 Å². The van der Waals surface area contributed by atoms with Crippen molar-refractivity contribution in [1.29, 1.82) is 0 Å². The summed E-state index contributed by atoms with van der Waals surface area (Å²) in [4.78, 5) is 0. The first-order valence-corrected chi connectivity index (χ1v) is 9.79. The Balaban J connectivity index is 1.67. The van der Waals surface area contributed by atoms with E-state index in [1.165, 1.54) is 69.8 Å². The van der Waals surface area contributed by atoms with Crippen LogP contribution < -0.4 is 11.5 Å². The Morgan fingerprint density at radius 3 is 2.00 bits per heavy atom. The van der Waals surface area contributed by atoms with Gasteiger partial charge >= 0.3 is 0 Å². The summed E-state index contributed by atoms with van der Waals surface area (Å²) in [5.41, 5.74) is 15.2. The molecule has 0 aromatic heterocycles. The minimum Gasteiger partial charge on any atom is -0.399 e. The lowest BCUT2D eigenvalue weighted by Gasteiger charge is -2.10. The molecular formula is C22H34N2. The van der Waals surface area contributed by atoms with Gasteiger partial charge in [0.25, 0.3) is 0 Å². The summed E-state index contributed by atoms with van der Waals surface area (Å²) < 4.78 is 0. The van der Waals surface area contributed by atoms with Crippen LogP contribution in [0.4, 0.5) is 11.4 Å². The largest absolute Gasteiger partial charge is 0.399 e. The van der Waals surface area contributed by atoms with Crippen LogP contribution in [0, 0.1) is 0 Å². The third-order valence-electron chi connectivity index (χ3n) is 4.98. The predicted molar refractivity (Wildman–Crippen MR) is 108 cm³/mol. The molecule has 0 radical (unpaired) electrons. The van der Waals surface area contributed by atoms with E-state index >= 15 is 0 Å². The Kier molecular flexibility index (Phi) is 7.94. The van der Waals surface area contributed by atoms with E-state index in [-0.39, 0.29) is 0 Å². The van der Waals surface area contributed by atoms with Crippen LogP contribution in [0.3, 0.4) is 0 Å². The van der Waals surface area contributed by atoms with Gasteiger partial charge in [-0.05, 0) is 35.9 Å². The number of nitrogens with two attached hydrogens (primary N) is 2. The Bertz CT molecular complexity index is 619. The summed E-state index contributed by atoms with van der Waals surface area (Å²) in [6.07, 6.45) is 14.8. The van der Waals surface area contributed by atoms with Crippen LogP contribution in [-0.4, -0.2) is 0 Å². The van der Waals surface area contributed by atoms with Crippen molar-refractivity contribution in [3.05, 3.63) is 35.9 Å². The molecule has 0 aliphatic carbocycles. The van der Waals surface area contributed by atoms with Crippen molar-refractivity contribution in [2.24, 2.45) is 0 Å². The van der Waals surface area contributed by atoms with E-state index in [4.69, 9.17) is 11.5 Å². The molecule has 132 valence electrons. The fourth-order valence-corrected chi connectivity index (χ4v) is 3.44. The Labute approximate surface area is 147 Å². The van der Waals surface area contributed by atoms with Crippen molar-refractivity contribution in [1.82, 2.24) is 0 Å². The molecule has 0 saturated heterocycles. The van der Waals surface area contributed by atoms with Gasteiger partial charge in [0.05, 0.1) is 0 Å². The number of anilines is 2. The molecule has 0 fully saturated rings. The van der Waals surface area contributed by atoms with Gasteiger partial charge in [-0.2, -0.15) is 0 Å². The van der Waals surface area contributed by atoms with Crippen LogP contribution in [0.2, 0.25) is 0 Å². The molecule has 2 nitrogen and oxygen atoms in total. The minimum atomic E-state index is 0.796. The second kappa shape index (κ2) is 10.2. The zero-order valence-electron chi connectivity index (χ0n) is 15.3. The van der Waals surface area contributed by atoms with Crippen LogP contribution in [0.5, 0.6) is 0 Å². The first-order valence-electron chi connectivity index (χ1n) is 9.79. The zero-order chi connectivity index (χ0) is 17.2. The number of hydrogen-bond acceptors (Lipinski definition) is 2. The van der Waals surface area contributed by atoms with Crippen molar-refractivity contribution in [2.75, 3.05) is 11.5 Å². The molecule has 24 heavy (non-hydrogen) atoms. The average Bonchev–Trinajstić information content (AvgIpc) is 2.58. The number of fused-ring (bicyclic) bond motifs is 1. The maximum absolute atomic E-state index is 6.35. The number of hydrogen-bond donors (Lipinski definition) is 2. The second-order valence-electron chi connectivity index (χ2n) is 7.05. The second-order valence-corrected chi connectivity index (χ2v) is 7.05. The SMILES string of the molecule is CCCCCCCCCCCCc1ccc2cc(N)ccc2c1N. The van der Waals surface area contributed by atoms with Gasteiger partial charge in [0.15, 0.2) is 0 Å². The van der Waals surface area contributed by atoms with Gasteiger partial charge in [-0.3, -0.25) is 0 Å². The van der Waals surface area contributed by atoms with Gasteiger partial charge in [-0.15, -0.1) is 0 Å². The van der Waals surface area contributed by atoms with E-state index < -0.39 is 0 Å². The molecule has 4 N–H and O–H groups in total. The third-order valence-corrected chi connectivity index (χ3v) is 4.98. The van der Waals surface area contributed by atoms with Crippen molar-refractivity contribution in [2.45, 2.75) is 77.6 Å². The molecular weight excluding hydrogens is 292 g/mol. The molecule has 0 amide bonds. The van der Waals surface area contributed by atoms with Gasteiger partial charge in [-0.25, -0.2) is 0 Å². The average molecular weight is 327 g/mol. The van der Waals surface area contributed by atoms with E-state index in [1.54, 1.807) is 0 Å². The molecule has 2 rings (SSSR count). The van der Waals surface area contributed by atoms with Gasteiger partial charge in [0.2, 0.25) is 0 Å². The highest BCUT2D eigenvalue weighted by Gasteiger charge is 2.05. The third kappa shape index (κ3) is 5.74. The monoisotopic (exact) mass is 326 g/mol. The number of aryl methyl sites for hydroxylation is 1. The highest BCUT2D eigenvalue weighted by molar-refractivity contribution is 5.96. The van der Waals surface area contributed by atoms with Crippen molar-refractivity contribution < 1.29 is 0 Å². The molecule has 2 aromatic rings. The highest BCUT2D eigenvalue weighted by Crippen LogP contribution is 2.27. The molecule has 0 unspecified atom stereocenters. The number of nitrogen functional groups attached to an aromatic ring is 2. The zero-order valence-corrected chi connectivity index (χ0v) is 15.3. The molecule has 2 aromatic carbocycles. The summed E-state index contributed by atoms with van der Waals surface area (Å²) in [7, 11) is 0. The van der Waals surface area contributed by atoms with E-state index in [9.17, 15) is 0 Å². The fraction of sp³-hybridized carbons (Fsp3) is 0.545. The van der Waals surface area contributed by atoms with Crippen LogP contribution >= 0.6 is 0 Å². The Morgan fingerprint density at radius 2 is 1.33 bits per heavy atom. The molecule has 0 spiro atoms. The van der Waals surface area contributed by atoms with E-state index in [0.717, 1.165) is 28.6 Å². The molecule has 0 aliphatic rings. The van der Waals surface area contributed by atoms with Crippen LogP contribution in [0.1, 0.15) is 76.7 Å². The molecule has 0 heterocycles. The van der Waals surface area contributed by atoms with Crippen LogP contribution in [0.15, 0.2) is 30.3 Å². The summed E-state index contributed by atoms with van der Waals surface area (Å²) in [6, 6.07) is 10.3. The van der Waals surface area contributed by atoms with Gasteiger partial charge in [0, 0.05) is 16.8 Å². The quantitative estimate of drug-likeness (QED) is 0.367. The lowest BCUT2D eigenvalue weighted by molar-refractivity contribution is 0.556. The fourth-order valence-electron chi connectivity index (χ4n) is 3.44. The molecule has 0 atom stereocenters. The van der Waals surface area contributed by atoms with Crippen molar-refractivity contribution in [3.63, 3.8) is 0 Å². The van der Waals surface area contributed by atoms with Crippen molar-refractivity contribution in [3.8, 4) is 0 Å². The first kappa shape index (κ1) is 18.6. The number of rotatable bonds is 11. The summed E-state index contributed by atoms with van der Waals surface area (Å²) >= 11 is 0. The predicted octanol–water partition coefficient (Wildman–Crippen LogP) is 6.47. The topological polar surface area (TPSA) is 52.0 Å². The smallest absolute Gasteiger partial charge is 0.0426 e. The first-order chi connectivity index (χ1) is 11.7. The Hall–Kier alpha value is -1.70. The van der Waals surface area contributed by atoms with Gasteiger partial charge < -0.3 is 11.5 Å². The van der Waals surface area contributed by atoms with E-state index in [2.05, 4.69) is 19.1 Å². The maximum atomic E-state index is 6.35. The molecule has 2 heteroatoms. The van der Waals surface area contributed by atoms with Gasteiger partial charge in [0.1, 0.15) is 0 Å². The number of benzene rings is 2. The standard InChI is InChI=1S/C22H34N2/c1-2-3-4-5-6-7-8-9-10-11-12-18-13-14-19-17-20(23)15-16-21(19)22(18)24/h13-17H,2-12,23-24H2,1H3. The summed E-state index contributed by atoms with van der Waals surface area (Å²) in [6.45, 7) is 2.28. The molecule has 0 bridgehead atoms. The van der Waals surface area contributed by atoms with Crippen LogP contribution in [0.25, 0.3) is 10.8 Å². The minimum absolute atomic E-state index is 0.796. The summed E-state index contributed by atoms with van der Waals surface area (Å²) in [5.74, 6) is 0. The van der Waals surface area contributed by atoms with E-state index in [0.29, 0.717) is 0 Å². The van der Waals surface area contributed by atoms with E-state index in [1.807, 2.05) is 18.2 Å². The molecule has 0 saturated carbocycles. The Morgan fingerprint density at radius 1 is 0.708 bits per heavy atom. The van der Waals surface area contributed by atoms with Crippen molar-refractivity contribution >= 4 is 22.1 Å². The lowest BCUT2D eigenvalue weighted by Crippen LogP contribution is -1.97. The van der Waals surface area contributed by atoms with Crippen LogP contribution in [-0.2, 0) is 6.42 Å². The highest BCUT2D eigenvalue weighted by atomic mass is 14.6. The summed E-state index contributed by atoms with van der Waals surface area (Å²) in [5, 5.41) is 2.27. The number of unbranched alkanes of at least 4 members (excludes halogenated alkanes) is 9. The lowest BCUT2D eigenvalue weighted by atomic mass is 9.99. The molecule has 0 aliphatic heterocycles. The normalized spacial score (nSPS) is 11.2.